The monoisotopic (exact) mass is 388 g/mol. The van der Waals surface area contributed by atoms with E-state index in [4.69, 9.17) is 4.74 Å². The molecule has 3 saturated heterocycles. The summed E-state index contributed by atoms with van der Waals surface area (Å²) in [6, 6.07) is 8.97. The fourth-order valence-electron chi connectivity index (χ4n) is 4.03. The number of hydrogen-bond donors (Lipinski definition) is 0. The minimum absolute atomic E-state index is 0.0770. The van der Waals surface area contributed by atoms with Crippen LogP contribution in [-0.2, 0) is 28.8 Å². The van der Waals surface area contributed by atoms with Crippen LogP contribution in [0.5, 0.6) is 0 Å². The van der Waals surface area contributed by atoms with Gasteiger partial charge in [-0.2, -0.15) is 0 Å². The lowest BCUT2D eigenvalue weighted by molar-refractivity contribution is -0.159. The first-order valence-corrected chi connectivity index (χ1v) is 10.0. The van der Waals surface area contributed by atoms with Gasteiger partial charge < -0.3 is 9.64 Å². The summed E-state index contributed by atoms with van der Waals surface area (Å²) in [4.78, 5) is 51.1. The van der Waals surface area contributed by atoms with Gasteiger partial charge in [0.25, 0.3) is 5.91 Å². The van der Waals surface area contributed by atoms with Gasteiger partial charge in [-0.3, -0.25) is 19.3 Å². The highest BCUT2D eigenvalue weighted by atomic mass is 32.2. The van der Waals surface area contributed by atoms with Gasteiger partial charge in [-0.05, 0) is 18.4 Å². The Bertz CT molecular complexity index is 799. The van der Waals surface area contributed by atoms with E-state index < -0.39 is 29.4 Å². The van der Waals surface area contributed by atoms with Gasteiger partial charge in [0, 0.05) is 25.1 Å². The maximum atomic E-state index is 12.6. The summed E-state index contributed by atoms with van der Waals surface area (Å²) in [5, 5.41) is 0. The van der Waals surface area contributed by atoms with Crippen molar-refractivity contribution in [3.8, 4) is 0 Å². The zero-order chi connectivity index (χ0) is 19.0. The molecule has 0 bridgehead atoms. The molecular formula is C19H20N2O5S. The average molecular weight is 388 g/mol. The van der Waals surface area contributed by atoms with Gasteiger partial charge in [0.2, 0.25) is 11.8 Å². The Labute approximate surface area is 161 Å². The van der Waals surface area contributed by atoms with E-state index in [0.29, 0.717) is 38.0 Å². The second-order valence-electron chi connectivity index (χ2n) is 6.89. The van der Waals surface area contributed by atoms with E-state index in [0.717, 1.165) is 10.5 Å². The fraction of sp³-hybridized carbons (Fsp3) is 0.474. The molecule has 7 nitrogen and oxygen atoms in total. The number of imide groups is 1. The quantitative estimate of drug-likeness (QED) is 0.723. The lowest BCUT2D eigenvalue weighted by atomic mass is 10.0. The third kappa shape index (κ3) is 3.01. The molecule has 0 saturated carbocycles. The maximum Gasteiger partial charge on any atom is 0.330 e. The number of thioether (sulfide) groups is 1. The first-order valence-electron chi connectivity index (χ1n) is 9.04. The normalized spacial score (nSPS) is 27.2. The molecule has 27 heavy (non-hydrogen) atoms. The molecule has 2 atom stereocenters. The van der Waals surface area contributed by atoms with Crippen LogP contribution in [0.3, 0.4) is 0 Å². The number of amides is 3. The summed E-state index contributed by atoms with van der Waals surface area (Å²) in [6.07, 6.45) is 2.01. The van der Waals surface area contributed by atoms with Crippen molar-refractivity contribution in [1.29, 1.82) is 0 Å². The van der Waals surface area contributed by atoms with Crippen LogP contribution in [0.2, 0.25) is 0 Å². The molecule has 3 fully saturated rings. The third-order valence-corrected chi connectivity index (χ3v) is 6.93. The number of fused-ring (bicyclic) bond motifs is 1. The Balaban J connectivity index is 1.46. The van der Waals surface area contributed by atoms with Gasteiger partial charge in [-0.15, -0.1) is 11.8 Å². The molecule has 3 heterocycles. The molecule has 1 aromatic rings. The second-order valence-corrected chi connectivity index (χ2v) is 8.19. The molecule has 142 valence electrons. The number of carbonyl (C=O) groups excluding carboxylic acids is 4. The SMILES string of the molecule is O=C(OCC(=O)N1CCCC1=O)[C@H]1CS[C@]2(c3ccccc3)CCC(=O)N12. The Morgan fingerprint density at radius 2 is 1.93 bits per heavy atom. The molecule has 0 aromatic heterocycles. The number of hydrogen-bond acceptors (Lipinski definition) is 6. The van der Waals surface area contributed by atoms with E-state index in [9.17, 15) is 19.2 Å². The van der Waals surface area contributed by atoms with Crippen molar-refractivity contribution in [2.24, 2.45) is 0 Å². The van der Waals surface area contributed by atoms with Gasteiger partial charge in [-0.1, -0.05) is 30.3 Å². The van der Waals surface area contributed by atoms with Gasteiger partial charge in [0.15, 0.2) is 6.61 Å². The highest BCUT2D eigenvalue weighted by Crippen LogP contribution is 2.54. The Kier molecular flexibility index (Phi) is 4.67. The van der Waals surface area contributed by atoms with Crippen molar-refractivity contribution in [3.63, 3.8) is 0 Å². The molecule has 0 radical (unpaired) electrons. The zero-order valence-corrected chi connectivity index (χ0v) is 15.6. The van der Waals surface area contributed by atoms with Crippen LogP contribution in [0.4, 0.5) is 0 Å². The van der Waals surface area contributed by atoms with E-state index in [-0.39, 0.29) is 11.8 Å². The molecule has 3 aliphatic heterocycles. The van der Waals surface area contributed by atoms with Crippen LogP contribution in [0, 0.1) is 0 Å². The van der Waals surface area contributed by atoms with Crippen molar-refractivity contribution < 1.29 is 23.9 Å². The number of benzene rings is 1. The Morgan fingerprint density at radius 1 is 1.15 bits per heavy atom. The summed E-state index contributed by atoms with van der Waals surface area (Å²) >= 11 is 1.57. The first-order chi connectivity index (χ1) is 13.0. The van der Waals surface area contributed by atoms with E-state index >= 15 is 0 Å². The minimum atomic E-state index is -0.715. The molecular weight excluding hydrogens is 368 g/mol. The van der Waals surface area contributed by atoms with E-state index in [1.54, 1.807) is 16.7 Å². The number of ether oxygens (including phenoxy) is 1. The van der Waals surface area contributed by atoms with Gasteiger partial charge in [0.05, 0.1) is 0 Å². The first kappa shape index (κ1) is 18.0. The standard InChI is InChI=1S/C19H20N2O5S/c22-15-7-4-10-20(15)17(24)11-26-18(25)14-12-27-19(9-8-16(23)21(14)19)13-5-2-1-3-6-13/h1-3,5-6,14H,4,7-12H2/t14-,19+/m1/s1. The van der Waals surface area contributed by atoms with Crippen molar-refractivity contribution in [2.45, 2.75) is 36.6 Å². The van der Waals surface area contributed by atoms with E-state index in [1.807, 2.05) is 30.3 Å². The molecule has 0 N–H and O–H groups in total. The van der Waals surface area contributed by atoms with Gasteiger partial charge in [-0.25, -0.2) is 4.79 Å². The number of esters is 1. The van der Waals surface area contributed by atoms with Crippen molar-refractivity contribution in [2.75, 3.05) is 18.9 Å². The second kappa shape index (κ2) is 6.99. The topological polar surface area (TPSA) is 84.0 Å². The number of rotatable bonds is 4. The Hall–Kier alpha value is -2.35. The third-order valence-electron chi connectivity index (χ3n) is 5.34. The summed E-state index contributed by atoms with van der Waals surface area (Å²) in [7, 11) is 0. The van der Waals surface area contributed by atoms with E-state index in [1.165, 1.54) is 0 Å². The number of likely N-dealkylation sites (tertiary alicyclic amines) is 1. The smallest absolute Gasteiger partial charge is 0.330 e. The molecule has 0 unspecified atom stereocenters. The number of nitrogens with zero attached hydrogens (tertiary/aromatic N) is 2. The molecule has 4 rings (SSSR count). The predicted molar refractivity (Wildman–Crippen MR) is 97.4 cm³/mol. The largest absolute Gasteiger partial charge is 0.454 e. The lowest BCUT2D eigenvalue weighted by Gasteiger charge is -2.33. The summed E-state index contributed by atoms with van der Waals surface area (Å²) < 4.78 is 5.20. The van der Waals surface area contributed by atoms with Crippen LogP contribution < -0.4 is 0 Å². The van der Waals surface area contributed by atoms with Crippen molar-refractivity contribution in [3.05, 3.63) is 35.9 Å². The van der Waals surface area contributed by atoms with Crippen LogP contribution in [-0.4, -0.2) is 58.4 Å². The predicted octanol–water partition coefficient (Wildman–Crippen LogP) is 1.27. The summed E-state index contributed by atoms with van der Waals surface area (Å²) in [5.74, 6) is -0.970. The summed E-state index contributed by atoms with van der Waals surface area (Å²) in [6.45, 7) is -0.0949. The Morgan fingerprint density at radius 3 is 2.63 bits per heavy atom. The summed E-state index contributed by atoms with van der Waals surface area (Å²) in [5.41, 5.74) is 0.995. The number of carbonyl (C=O) groups is 4. The zero-order valence-electron chi connectivity index (χ0n) is 14.8. The molecule has 0 spiro atoms. The van der Waals surface area contributed by atoms with Crippen molar-refractivity contribution in [1.82, 2.24) is 9.80 Å². The van der Waals surface area contributed by atoms with E-state index in [2.05, 4.69) is 0 Å². The highest BCUT2D eigenvalue weighted by Gasteiger charge is 2.57. The van der Waals surface area contributed by atoms with Crippen molar-refractivity contribution >= 4 is 35.5 Å². The molecule has 8 heteroatoms. The van der Waals surface area contributed by atoms with Crippen LogP contribution in [0.15, 0.2) is 30.3 Å². The molecule has 1 aromatic carbocycles. The lowest BCUT2D eigenvalue weighted by Crippen LogP contribution is -2.47. The fourth-order valence-corrected chi connectivity index (χ4v) is 5.67. The maximum absolute atomic E-state index is 12.6. The molecule has 3 aliphatic rings. The van der Waals surface area contributed by atoms with Crippen LogP contribution in [0.25, 0.3) is 0 Å². The highest BCUT2D eigenvalue weighted by molar-refractivity contribution is 8.00. The van der Waals surface area contributed by atoms with Crippen LogP contribution >= 0.6 is 11.8 Å². The average Bonchev–Trinajstić information content (AvgIpc) is 3.36. The van der Waals surface area contributed by atoms with Crippen LogP contribution in [0.1, 0.15) is 31.2 Å². The van der Waals surface area contributed by atoms with Gasteiger partial charge in [0.1, 0.15) is 10.9 Å². The molecule has 3 amide bonds. The minimum Gasteiger partial charge on any atom is -0.454 e. The van der Waals surface area contributed by atoms with Gasteiger partial charge >= 0.3 is 5.97 Å². The molecule has 0 aliphatic carbocycles.